The molecule has 1 atom stereocenters. The molecular weight excluding hydrogens is 440 g/mol. The first-order chi connectivity index (χ1) is 16.2. The van der Waals surface area contributed by atoms with E-state index in [9.17, 15) is 14.4 Å². The van der Waals surface area contributed by atoms with E-state index in [4.69, 9.17) is 16.2 Å². The van der Waals surface area contributed by atoms with Gasteiger partial charge < -0.3 is 25.7 Å². The van der Waals surface area contributed by atoms with Crippen molar-refractivity contribution < 1.29 is 19.1 Å². The Morgan fingerprint density at radius 2 is 2.00 bits per heavy atom. The molecule has 0 spiro atoms. The molecule has 12 nitrogen and oxygen atoms in total. The molecule has 0 fully saturated rings. The van der Waals surface area contributed by atoms with Gasteiger partial charge in [-0.2, -0.15) is 5.10 Å². The molecule has 3 aromatic rings. The Morgan fingerprint density at radius 1 is 1.24 bits per heavy atom. The number of benzene rings is 1. The number of imidazole rings is 1. The molecule has 12 heteroatoms. The zero-order valence-corrected chi connectivity index (χ0v) is 19.4. The molecule has 0 unspecified atom stereocenters. The predicted octanol–water partition coefficient (Wildman–Crippen LogP) is 1.78. The third-order valence-electron chi connectivity index (χ3n) is 5.90. The van der Waals surface area contributed by atoms with Crippen LogP contribution in [0.3, 0.4) is 0 Å². The summed E-state index contributed by atoms with van der Waals surface area (Å²) in [4.78, 5) is 42.6. The van der Waals surface area contributed by atoms with Crippen molar-refractivity contribution in [1.82, 2.24) is 19.3 Å². The highest BCUT2D eigenvalue weighted by Crippen LogP contribution is 2.39. The van der Waals surface area contributed by atoms with Crippen LogP contribution in [-0.2, 0) is 11.3 Å². The number of carbonyl (C=O) groups is 3. The van der Waals surface area contributed by atoms with Crippen molar-refractivity contribution >= 4 is 40.6 Å². The number of primary amides is 2. The highest BCUT2D eigenvalue weighted by Gasteiger charge is 2.30. The Bertz CT molecular complexity index is 1280. The third kappa shape index (κ3) is 4.26. The van der Waals surface area contributed by atoms with Crippen molar-refractivity contribution in [3.63, 3.8) is 0 Å². The highest BCUT2D eigenvalue weighted by molar-refractivity contribution is 6.05. The molecule has 5 N–H and O–H groups in total. The van der Waals surface area contributed by atoms with Crippen LogP contribution in [0.5, 0.6) is 0 Å². The zero-order valence-electron chi connectivity index (χ0n) is 19.4. The summed E-state index contributed by atoms with van der Waals surface area (Å²) in [7, 11) is 1.92. The van der Waals surface area contributed by atoms with Gasteiger partial charge in [0.2, 0.25) is 11.9 Å². The highest BCUT2D eigenvalue weighted by atomic mass is 16.5. The van der Waals surface area contributed by atoms with Gasteiger partial charge in [-0.05, 0) is 44.9 Å². The van der Waals surface area contributed by atoms with Crippen LogP contribution < -0.4 is 21.7 Å². The van der Waals surface area contributed by atoms with Gasteiger partial charge in [0.25, 0.3) is 5.91 Å². The van der Waals surface area contributed by atoms with E-state index < -0.39 is 12.0 Å². The molecule has 4 rings (SSSR count). The molecule has 180 valence electrons. The molecule has 1 aliphatic rings. The van der Waals surface area contributed by atoms with Crippen LogP contribution >= 0.6 is 0 Å². The minimum atomic E-state index is -0.814. The number of carbonyl (C=O) groups excluding carboxylic acids is 3. The van der Waals surface area contributed by atoms with Gasteiger partial charge in [0.1, 0.15) is 5.69 Å². The summed E-state index contributed by atoms with van der Waals surface area (Å²) in [5.74, 6) is -0.529. The van der Waals surface area contributed by atoms with Crippen LogP contribution in [0, 0.1) is 6.92 Å². The smallest absolute Gasteiger partial charge is 0.404 e. The number of nitrogens with one attached hydrogen (secondary N) is 1. The van der Waals surface area contributed by atoms with Crippen LogP contribution in [0.1, 0.15) is 52.3 Å². The Morgan fingerprint density at radius 3 is 2.68 bits per heavy atom. The number of ether oxygens (including phenoxy) is 1. The van der Waals surface area contributed by atoms with E-state index >= 15 is 0 Å². The van der Waals surface area contributed by atoms with Gasteiger partial charge in [0, 0.05) is 25.7 Å². The van der Waals surface area contributed by atoms with Gasteiger partial charge in [-0.25, -0.2) is 9.78 Å². The summed E-state index contributed by atoms with van der Waals surface area (Å²) in [6, 6.07) is 5.00. The average Bonchev–Trinajstić information content (AvgIpc) is 3.34. The van der Waals surface area contributed by atoms with E-state index in [0.717, 1.165) is 16.9 Å². The van der Waals surface area contributed by atoms with E-state index in [-0.39, 0.29) is 18.6 Å². The fraction of sp³-hybridized carbons (Fsp3) is 0.409. The summed E-state index contributed by atoms with van der Waals surface area (Å²) < 4.78 is 8.48. The number of aromatic nitrogens is 4. The molecule has 3 heterocycles. The first-order valence-corrected chi connectivity index (χ1v) is 11.0. The number of hydrogen-bond acceptors (Lipinski definition) is 7. The second kappa shape index (κ2) is 9.04. The monoisotopic (exact) mass is 468 g/mol. The second-order valence-electron chi connectivity index (χ2n) is 8.32. The summed E-state index contributed by atoms with van der Waals surface area (Å²) in [6.45, 7) is 5.07. The number of amides is 3. The lowest BCUT2D eigenvalue weighted by Gasteiger charge is -2.34. The van der Waals surface area contributed by atoms with Crippen LogP contribution in [0.2, 0.25) is 0 Å². The Kier molecular flexibility index (Phi) is 6.14. The summed E-state index contributed by atoms with van der Waals surface area (Å²) in [6.07, 6.45) is 0.408. The largest absolute Gasteiger partial charge is 0.450 e. The molecule has 3 amide bonds. The lowest BCUT2D eigenvalue weighted by atomic mass is 10.0. The molecule has 2 aromatic heterocycles. The zero-order chi connectivity index (χ0) is 24.6. The lowest BCUT2D eigenvalue weighted by Crippen LogP contribution is -2.33. The molecule has 0 saturated carbocycles. The molecule has 0 bridgehead atoms. The van der Waals surface area contributed by atoms with Crippen molar-refractivity contribution in [3.05, 3.63) is 35.2 Å². The Hall–Kier alpha value is -4.09. The molecule has 0 saturated heterocycles. The number of likely N-dealkylation sites (N-methyl/N-ethyl adjacent to an activating group) is 1. The van der Waals surface area contributed by atoms with Crippen molar-refractivity contribution in [3.8, 4) is 0 Å². The fourth-order valence-electron chi connectivity index (χ4n) is 4.43. The molecule has 0 aliphatic carbocycles. The van der Waals surface area contributed by atoms with E-state index in [0.29, 0.717) is 48.7 Å². The SMILES string of the molecule is CCn1nc(C)cc1C(=O)Nc1nc2cc(C(N)=O)cc3c2n1[C@@H](CCCOC(N)=O)CN3C. The van der Waals surface area contributed by atoms with Gasteiger partial charge in [-0.1, -0.05) is 0 Å². The van der Waals surface area contributed by atoms with Gasteiger partial charge in [0.05, 0.1) is 35.1 Å². The number of aryl methyl sites for hydroxylation is 2. The fourth-order valence-corrected chi connectivity index (χ4v) is 4.43. The molecule has 0 radical (unpaired) electrons. The topological polar surface area (TPSA) is 163 Å². The minimum absolute atomic E-state index is 0.0773. The minimum Gasteiger partial charge on any atom is -0.450 e. The number of nitrogens with two attached hydrogens (primary N) is 2. The van der Waals surface area contributed by atoms with E-state index in [2.05, 4.69) is 15.4 Å². The van der Waals surface area contributed by atoms with Gasteiger partial charge >= 0.3 is 6.09 Å². The summed E-state index contributed by atoms with van der Waals surface area (Å²) in [5.41, 5.74) is 14.2. The first-order valence-electron chi connectivity index (χ1n) is 11.0. The Balaban J connectivity index is 1.75. The van der Waals surface area contributed by atoms with Crippen LogP contribution in [0.25, 0.3) is 11.0 Å². The van der Waals surface area contributed by atoms with Gasteiger partial charge in [-0.3, -0.25) is 19.6 Å². The quantitative estimate of drug-likeness (QED) is 0.424. The summed E-state index contributed by atoms with van der Waals surface area (Å²) >= 11 is 0. The number of rotatable bonds is 8. The predicted molar refractivity (Wildman–Crippen MR) is 126 cm³/mol. The average molecular weight is 469 g/mol. The van der Waals surface area contributed by atoms with E-state index in [1.54, 1.807) is 22.9 Å². The standard InChI is InChI=1S/C22H28N8O4/c1-4-29-17(8-12(2)27-29)20(32)26-22-25-15-9-13(19(23)31)10-16-18(15)30(22)14(11-28(16)3)6-5-7-34-21(24)33/h8-10,14H,4-7,11H2,1-3H3,(H2,23,31)(H2,24,33)(H,25,26,32)/t14-/m0/s1. The third-order valence-corrected chi connectivity index (χ3v) is 5.90. The van der Waals surface area contributed by atoms with Crippen molar-refractivity contribution in [2.45, 2.75) is 39.3 Å². The lowest BCUT2D eigenvalue weighted by molar-refractivity contribution is 0.0996. The van der Waals surface area contributed by atoms with Gasteiger partial charge in [-0.15, -0.1) is 0 Å². The van der Waals surface area contributed by atoms with Crippen molar-refractivity contribution in [2.24, 2.45) is 11.5 Å². The second-order valence-corrected chi connectivity index (χ2v) is 8.32. The van der Waals surface area contributed by atoms with Gasteiger partial charge in [0.15, 0.2) is 0 Å². The number of nitrogens with zero attached hydrogens (tertiary/aromatic N) is 5. The van der Waals surface area contributed by atoms with Crippen LogP contribution in [0.4, 0.5) is 16.4 Å². The normalized spacial score (nSPS) is 14.9. The van der Waals surface area contributed by atoms with Crippen LogP contribution in [-0.4, -0.2) is 57.4 Å². The van der Waals surface area contributed by atoms with Crippen molar-refractivity contribution in [2.75, 3.05) is 30.4 Å². The number of anilines is 2. The molecule has 34 heavy (non-hydrogen) atoms. The maximum absolute atomic E-state index is 13.2. The maximum Gasteiger partial charge on any atom is 0.404 e. The first kappa shape index (κ1) is 23.1. The maximum atomic E-state index is 13.2. The van der Waals surface area contributed by atoms with Crippen molar-refractivity contribution in [1.29, 1.82) is 0 Å². The van der Waals surface area contributed by atoms with Crippen LogP contribution in [0.15, 0.2) is 18.2 Å². The molecule has 1 aliphatic heterocycles. The van der Waals surface area contributed by atoms with E-state index in [1.807, 2.05) is 30.4 Å². The Labute approximate surface area is 195 Å². The van der Waals surface area contributed by atoms with E-state index in [1.165, 1.54) is 0 Å². The molecule has 1 aromatic carbocycles. The number of hydrogen-bond donors (Lipinski definition) is 3. The molecular formula is C22H28N8O4. The summed E-state index contributed by atoms with van der Waals surface area (Å²) in [5, 5.41) is 7.27.